The summed E-state index contributed by atoms with van der Waals surface area (Å²) in [5.74, 6) is 1.39. The third kappa shape index (κ3) is 6.87. The summed E-state index contributed by atoms with van der Waals surface area (Å²) in [7, 11) is 3.10. The van der Waals surface area contributed by atoms with E-state index in [2.05, 4.69) is 5.32 Å². The zero-order valence-electron chi connectivity index (χ0n) is 18.7. The number of para-hydroxylation sites is 1. The highest BCUT2D eigenvalue weighted by atomic mass is 16.6. The summed E-state index contributed by atoms with van der Waals surface area (Å²) in [6.45, 7) is 1.60. The third-order valence-electron chi connectivity index (χ3n) is 4.60. The SMILES string of the molecule is COc1ccc(OCc2ccccc2NC(=O)C=Cc2ccc(OC)c(OC(C)=O)c2)cc1. The molecular weight excluding hydrogens is 422 g/mol. The average molecular weight is 447 g/mol. The summed E-state index contributed by atoms with van der Waals surface area (Å²) < 4.78 is 21.3. The predicted octanol–water partition coefficient (Wildman–Crippen LogP) is 4.86. The Morgan fingerprint density at radius 1 is 0.879 bits per heavy atom. The fraction of sp³-hybridized carbons (Fsp3) is 0.154. The van der Waals surface area contributed by atoms with Crippen LogP contribution in [0.2, 0.25) is 0 Å². The lowest BCUT2D eigenvalue weighted by molar-refractivity contribution is -0.132. The molecule has 0 aliphatic carbocycles. The summed E-state index contributed by atoms with van der Waals surface area (Å²) in [4.78, 5) is 23.8. The third-order valence-corrected chi connectivity index (χ3v) is 4.60. The Balaban J connectivity index is 1.65. The second kappa shape index (κ2) is 11.4. The van der Waals surface area contributed by atoms with E-state index in [4.69, 9.17) is 18.9 Å². The van der Waals surface area contributed by atoms with Gasteiger partial charge in [-0.3, -0.25) is 9.59 Å². The molecule has 0 saturated heterocycles. The summed E-state index contributed by atoms with van der Waals surface area (Å²) in [6, 6.07) is 19.7. The van der Waals surface area contributed by atoms with E-state index >= 15 is 0 Å². The van der Waals surface area contributed by atoms with Crippen molar-refractivity contribution in [2.24, 2.45) is 0 Å². The average Bonchev–Trinajstić information content (AvgIpc) is 2.82. The van der Waals surface area contributed by atoms with Gasteiger partial charge in [-0.2, -0.15) is 0 Å². The van der Waals surface area contributed by atoms with Crippen LogP contribution < -0.4 is 24.3 Å². The van der Waals surface area contributed by atoms with Crippen LogP contribution >= 0.6 is 0 Å². The van der Waals surface area contributed by atoms with E-state index in [0.717, 1.165) is 11.3 Å². The van der Waals surface area contributed by atoms with Crippen LogP contribution in [0.4, 0.5) is 5.69 Å². The van der Waals surface area contributed by atoms with Gasteiger partial charge in [0.1, 0.15) is 18.1 Å². The van der Waals surface area contributed by atoms with Crippen LogP contribution in [-0.2, 0) is 16.2 Å². The minimum atomic E-state index is -0.458. The van der Waals surface area contributed by atoms with Gasteiger partial charge in [0, 0.05) is 24.3 Å². The first kappa shape index (κ1) is 23.4. The molecule has 0 aliphatic rings. The lowest BCUT2D eigenvalue weighted by Crippen LogP contribution is -2.10. The van der Waals surface area contributed by atoms with Gasteiger partial charge in [-0.25, -0.2) is 0 Å². The zero-order valence-corrected chi connectivity index (χ0v) is 18.7. The highest BCUT2D eigenvalue weighted by Crippen LogP contribution is 2.29. The van der Waals surface area contributed by atoms with Crippen molar-refractivity contribution in [1.29, 1.82) is 0 Å². The van der Waals surface area contributed by atoms with Gasteiger partial charge >= 0.3 is 5.97 Å². The smallest absolute Gasteiger partial charge is 0.308 e. The molecule has 1 N–H and O–H groups in total. The Morgan fingerprint density at radius 2 is 1.61 bits per heavy atom. The van der Waals surface area contributed by atoms with Gasteiger partial charge in [0.25, 0.3) is 0 Å². The Labute approximate surface area is 192 Å². The maximum absolute atomic E-state index is 12.5. The van der Waals surface area contributed by atoms with Crippen molar-refractivity contribution in [2.75, 3.05) is 19.5 Å². The van der Waals surface area contributed by atoms with Gasteiger partial charge in [-0.1, -0.05) is 24.3 Å². The highest BCUT2D eigenvalue weighted by molar-refractivity contribution is 6.02. The van der Waals surface area contributed by atoms with Crippen molar-refractivity contribution < 1.29 is 28.5 Å². The number of anilines is 1. The maximum atomic E-state index is 12.5. The molecule has 33 heavy (non-hydrogen) atoms. The molecule has 3 aromatic rings. The molecule has 0 atom stereocenters. The topological polar surface area (TPSA) is 83.1 Å². The molecule has 7 nitrogen and oxygen atoms in total. The number of rotatable bonds is 9. The molecule has 7 heteroatoms. The van der Waals surface area contributed by atoms with Crippen molar-refractivity contribution in [3.63, 3.8) is 0 Å². The van der Waals surface area contributed by atoms with Gasteiger partial charge in [-0.05, 0) is 54.1 Å². The summed E-state index contributed by atoms with van der Waals surface area (Å²) in [5, 5.41) is 2.87. The lowest BCUT2D eigenvalue weighted by Gasteiger charge is -2.12. The normalized spacial score (nSPS) is 10.5. The second-order valence-corrected chi connectivity index (χ2v) is 6.95. The largest absolute Gasteiger partial charge is 0.497 e. The Morgan fingerprint density at radius 3 is 2.30 bits per heavy atom. The lowest BCUT2D eigenvalue weighted by atomic mass is 10.1. The van der Waals surface area contributed by atoms with Gasteiger partial charge in [0.15, 0.2) is 11.5 Å². The molecule has 0 unspecified atom stereocenters. The molecule has 0 bridgehead atoms. The molecule has 0 heterocycles. The number of hydrogen-bond donors (Lipinski definition) is 1. The molecular formula is C26H25NO6. The first-order valence-electron chi connectivity index (χ1n) is 10.2. The van der Waals surface area contributed by atoms with E-state index in [1.165, 1.54) is 20.1 Å². The van der Waals surface area contributed by atoms with Crippen molar-refractivity contribution in [1.82, 2.24) is 0 Å². The molecule has 0 radical (unpaired) electrons. The molecule has 3 aromatic carbocycles. The zero-order chi connectivity index (χ0) is 23.6. The molecule has 1 amide bonds. The number of benzene rings is 3. The Bertz CT molecular complexity index is 1140. The highest BCUT2D eigenvalue weighted by Gasteiger charge is 2.09. The molecule has 170 valence electrons. The monoisotopic (exact) mass is 447 g/mol. The summed E-state index contributed by atoms with van der Waals surface area (Å²) in [5.41, 5.74) is 2.16. The van der Waals surface area contributed by atoms with Crippen LogP contribution in [0.3, 0.4) is 0 Å². The molecule has 3 rings (SSSR count). The first-order chi connectivity index (χ1) is 16.0. The van der Waals surface area contributed by atoms with Gasteiger partial charge < -0.3 is 24.3 Å². The van der Waals surface area contributed by atoms with E-state index in [9.17, 15) is 9.59 Å². The first-order valence-corrected chi connectivity index (χ1v) is 10.2. The number of amides is 1. The standard InChI is InChI=1S/C26H25NO6/c1-18(28)33-25-16-19(8-14-24(25)31-3)9-15-26(29)27-23-7-5-4-6-20(23)17-32-22-12-10-21(30-2)11-13-22/h4-16H,17H2,1-3H3,(H,27,29). The van der Waals surface area contributed by atoms with Crippen LogP contribution in [0.25, 0.3) is 6.08 Å². The number of nitrogens with one attached hydrogen (secondary N) is 1. The summed E-state index contributed by atoms with van der Waals surface area (Å²) in [6.07, 6.45) is 3.03. The van der Waals surface area contributed by atoms with Crippen molar-refractivity contribution >= 4 is 23.6 Å². The van der Waals surface area contributed by atoms with E-state index in [1.54, 1.807) is 31.4 Å². The van der Waals surface area contributed by atoms with Gasteiger partial charge in [0.2, 0.25) is 5.91 Å². The molecule has 0 aliphatic heterocycles. The van der Waals surface area contributed by atoms with Crippen LogP contribution in [0.5, 0.6) is 23.0 Å². The van der Waals surface area contributed by atoms with E-state index in [-0.39, 0.29) is 18.3 Å². The number of ether oxygens (including phenoxy) is 4. The van der Waals surface area contributed by atoms with Crippen molar-refractivity contribution in [3.05, 3.63) is 83.9 Å². The molecule has 0 aromatic heterocycles. The quantitative estimate of drug-likeness (QED) is 0.287. The fourth-order valence-corrected chi connectivity index (χ4v) is 2.98. The van der Waals surface area contributed by atoms with Crippen LogP contribution in [0.1, 0.15) is 18.1 Å². The van der Waals surface area contributed by atoms with Crippen molar-refractivity contribution in [3.8, 4) is 23.0 Å². The number of hydrogen-bond acceptors (Lipinski definition) is 6. The number of methoxy groups -OCH3 is 2. The molecule has 0 spiro atoms. The minimum Gasteiger partial charge on any atom is -0.497 e. The second-order valence-electron chi connectivity index (χ2n) is 6.95. The van der Waals surface area contributed by atoms with E-state index in [0.29, 0.717) is 22.7 Å². The number of carbonyl (C=O) groups excluding carboxylic acids is 2. The van der Waals surface area contributed by atoms with Gasteiger partial charge in [-0.15, -0.1) is 0 Å². The van der Waals surface area contributed by atoms with Crippen molar-refractivity contribution in [2.45, 2.75) is 13.5 Å². The minimum absolute atomic E-state index is 0.286. The molecule has 0 fully saturated rings. The predicted molar refractivity (Wildman–Crippen MR) is 126 cm³/mol. The fourth-order valence-electron chi connectivity index (χ4n) is 2.98. The molecule has 0 saturated carbocycles. The van der Waals surface area contributed by atoms with Crippen LogP contribution in [-0.4, -0.2) is 26.1 Å². The van der Waals surface area contributed by atoms with Gasteiger partial charge in [0.05, 0.1) is 14.2 Å². The van der Waals surface area contributed by atoms with Crippen LogP contribution in [0, 0.1) is 0 Å². The van der Waals surface area contributed by atoms with Crippen LogP contribution in [0.15, 0.2) is 72.8 Å². The maximum Gasteiger partial charge on any atom is 0.308 e. The Hall–Kier alpha value is -4.26. The Kier molecular flexibility index (Phi) is 8.07. The summed E-state index contributed by atoms with van der Waals surface area (Å²) >= 11 is 0. The number of carbonyl (C=O) groups is 2. The van der Waals surface area contributed by atoms with E-state index in [1.807, 2.05) is 48.5 Å². The number of esters is 1. The van der Waals surface area contributed by atoms with E-state index < -0.39 is 5.97 Å².